The van der Waals surface area contributed by atoms with Gasteiger partial charge in [0.1, 0.15) is 6.07 Å². The summed E-state index contributed by atoms with van der Waals surface area (Å²) in [5.74, 6) is 1.22. The van der Waals surface area contributed by atoms with Crippen molar-refractivity contribution >= 4 is 22.6 Å². The first-order valence-corrected chi connectivity index (χ1v) is 9.45. The number of hydrogen-bond donors (Lipinski definition) is 0. The highest BCUT2D eigenvalue weighted by Crippen LogP contribution is 2.33. The first kappa shape index (κ1) is 18.0. The molecule has 4 rings (SSSR count). The van der Waals surface area contributed by atoms with Gasteiger partial charge in [0.25, 0.3) is 0 Å². The van der Waals surface area contributed by atoms with Gasteiger partial charge >= 0.3 is 0 Å². The highest BCUT2D eigenvalue weighted by atomic mass is 16.5. The molecule has 28 heavy (non-hydrogen) atoms. The Morgan fingerprint density at radius 1 is 1.14 bits per heavy atom. The van der Waals surface area contributed by atoms with E-state index in [1.165, 1.54) is 12.8 Å². The first-order chi connectivity index (χ1) is 13.8. The van der Waals surface area contributed by atoms with E-state index in [0.717, 1.165) is 29.3 Å². The van der Waals surface area contributed by atoms with E-state index < -0.39 is 0 Å². The normalized spacial score (nSPS) is 14.8. The Morgan fingerprint density at radius 2 is 1.96 bits per heavy atom. The molecule has 0 aliphatic heterocycles. The number of ether oxygens (including phenoxy) is 2. The second kappa shape index (κ2) is 8.10. The van der Waals surface area contributed by atoms with Crippen molar-refractivity contribution in [3.8, 4) is 17.6 Å². The van der Waals surface area contributed by atoms with Gasteiger partial charge in [0, 0.05) is 17.6 Å². The second-order valence-corrected chi connectivity index (χ2v) is 6.83. The Balaban J connectivity index is 1.73. The van der Waals surface area contributed by atoms with Crippen molar-refractivity contribution in [2.45, 2.75) is 31.8 Å². The molecule has 140 valence electrons. The predicted octanol–water partition coefficient (Wildman–Crippen LogP) is 5.02. The third-order valence-electron chi connectivity index (χ3n) is 5.03. The number of methoxy groups -OCH3 is 1. The van der Waals surface area contributed by atoms with E-state index >= 15 is 0 Å². The maximum absolute atomic E-state index is 9.77. The molecule has 3 aromatic rings. The molecule has 1 saturated carbocycles. The number of rotatable bonds is 5. The minimum Gasteiger partial charge on any atom is -0.491 e. The summed E-state index contributed by atoms with van der Waals surface area (Å²) in [6.07, 6.45) is 9.87. The molecule has 2 heterocycles. The standard InChI is InChI=1S/C23H21N3O2/c1-27-23-15-26-21(13-22(23)28-18-6-2-3-7-18)17(14-24)12-16-10-11-25-20-9-5-4-8-19(16)20/h4-5,8-13,15,18H,2-3,6-7H2,1H3/b17-12+. The molecule has 0 radical (unpaired) electrons. The summed E-state index contributed by atoms with van der Waals surface area (Å²) in [4.78, 5) is 8.80. The predicted molar refractivity (Wildman–Crippen MR) is 109 cm³/mol. The van der Waals surface area contributed by atoms with Gasteiger partial charge in [0.05, 0.1) is 36.2 Å². The summed E-state index contributed by atoms with van der Waals surface area (Å²) < 4.78 is 11.5. The van der Waals surface area contributed by atoms with Crippen LogP contribution >= 0.6 is 0 Å². The van der Waals surface area contributed by atoms with Crippen molar-refractivity contribution in [3.63, 3.8) is 0 Å². The average molecular weight is 371 g/mol. The van der Waals surface area contributed by atoms with Crippen LogP contribution < -0.4 is 9.47 Å². The molecule has 0 N–H and O–H groups in total. The fourth-order valence-corrected chi connectivity index (χ4v) is 3.57. The summed E-state index contributed by atoms with van der Waals surface area (Å²) in [5, 5.41) is 10.8. The van der Waals surface area contributed by atoms with Crippen LogP contribution in [0, 0.1) is 11.3 Å². The van der Waals surface area contributed by atoms with Crippen LogP contribution in [-0.4, -0.2) is 23.2 Å². The molecule has 0 spiro atoms. The molecule has 1 aliphatic rings. The van der Waals surface area contributed by atoms with Crippen LogP contribution in [-0.2, 0) is 0 Å². The van der Waals surface area contributed by atoms with Gasteiger partial charge in [0.2, 0.25) is 0 Å². The highest BCUT2D eigenvalue weighted by Gasteiger charge is 2.19. The average Bonchev–Trinajstić information content (AvgIpc) is 3.25. The molecule has 0 atom stereocenters. The van der Waals surface area contributed by atoms with E-state index in [0.29, 0.717) is 22.8 Å². The molecular weight excluding hydrogens is 350 g/mol. The zero-order valence-electron chi connectivity index (χ0n) is 15.8. The molecule has 5 nitrogen and oxygen atoms in total. The number of fused-ring (bicyclic) bond motifs is 1. The molecule has 0 unspecified atom stereocenters. The monoisotopic (exact) mass is 371 g/mol. The number of nitrogens with zero attached hydrogens (tertiary/aromatic N) is 3. The minimum absolute atomic E-state index is 0.197. The van der Waals surface area contributed by atoms with Gasteiger partial charge in [-0.1, -0.05) is 18.2 Å². The van der Waals surface area contributed by atoms with Gasteiger partial charge in [-0.3, -0.25) is 9.97 Å². The van der Waals surface area contributed by atoms with E-state index in [1.54, 1.807) is 25.6 Å². The van der Waals surface area contributed by atoms with Gasteiger partial charge in [-0.25, -0.2) is 0 Å². The van der Waals surface area contributed by atoms with Gasteiger partial charge in [-0.15, -0.1) is 0 Å². The SMILES string of the molecule is COc1cnc(/C(C#N)=C/c2ccnc3ccccc23)cc1OC1CCCC1. The lowest BCUT2D eigenvalue weighted by Gasteiger charge is -2.16. The van der Waals surface area contributed by atoms with E-state index in [4.69, 9.17) is 9.47 Å². The molecule has 0 amide bonds. The first-order valence-electron chi connectivity index (χ1n) is 9.45. The fourth-order valence-electron chi connectivity index (χ4n) is 3.57. The number of pyridine rings is 2. The third kappa shape index (κ3) is 3.67. The van der Waals surface area contributed by atoms with Crippen molar-refractivity contribution < 1.29 is 9.47 Å². The van der Waals surface area contributed by atoms with Gasteiger partial charge in [0.15, 0.2) is 11.5 Å². The molecule has 0 saturated heterocycles. The van der Waals surface area contributed by atoms with Crippen LogP contribution in [0.15, 0.2) is 48.8 Å². The van der Waals surface area contributed by atoms with Crippen LogP contribution in [0.25, 0.3) is 22.6 Å². The maximum atomic E-state index is 9.77. The lowest BCUT2D eigenvalue weighted by molar-refractivity contribution is 0.200. The summed E-state index contributed by atoms with van der Waals surface area (Å²) in [6.45, 7) is 0. The lowest BCUT2D eigenvalue weighted by Crippen LogP contribution is -2.12. The molecular formula is C23H21N3O2. The Bertz CT molecular complexity index is 1060. The Kier molecular flexibility index (Phi) is 5.20. The molecule has 5 heteroatoms. The minimum atomic E-state index is 0.197. The topological polar surface area (TPSA) is 68.0 Å². The number of allylic oxidation sites excluding steroid dienone is 1. The summed E-state index contributed by atoms with van der Waals surface area (Å²) in [5.41, 5.74) is 2.85. The van der Waals surface area contributed by atoms with Crippen LogP contribution in [0.4, 0.5) is 0 Å². The smallest absolute Gasteiger partial charge is 0.179 e. The molecule has 2 aromatic heterocycles. The maximum Gasteiger partial charge on any atom is 0.179 e. The Morgan fingerprint density at radius 3 is 2.75 bits per heavy atom. The molecule has 1 aliphatic carbocycles. The number of para-hydroxylation sites is 1. The largest absolute Gasteiger partial charge is 0.491 e. The fraction of sp³-hybridized carbons (Fsp3) is 0.261. The zero-order chi connectivity index (χ0) is 19.3. The van der Waals surface area contributed by atoms with Gasteiger partial charge in [-0.05, 0) is 49.5 Å². The van der Waals surface area contributed by atoms with Crippen LogP contribution in [0.1, 0.15) is 36.9 Å². The van der Waals surface area contributed by atoms with E-state index in [2.05, 4.69) is 16.0 Å². The van der Waals surface area contributed by atoms with Crippen molar-refractivity contribution in [2.75, 3.05) is 7.11 Å². The van der Waals surface area contributed by atoms with Crippen LogP contribution in [0.3, 0.4) is 0 Å². The Hall–Kier alpha value is -3.39. The van der Waals surface area contributed by atoms with Crippen molar-refractivity contribution in [2.24, 2.45) is 0 Å². The number of nitriles is 1. The number of benzene rings is 1. The van der Waals surface area contributed by atoms with Crippen molar-refractivity contribution in [3.05, 3.63) is 60.0 Å². The van der Waals surface area contributed by atoms with Crippen molar-refractivity contribution in [1.82, 2.24) is 9.97 Å². The highest BCUT2D eigenvalue weighted by molar-refractivity contribution is 5.96. The van der Waals surface area contributed by atoms with Crippen LogP contribution in [0.2, 0.25) is 0 Å². The zero-order valence-corrected chi connectivity index (χ0v) is 15.8. The quantitative estimate of drug-likeness (QED) is 0.589. The molecule has 1 aromatic carbocycles. The Labute approximate surface area is 164 Å². The summed E-state index contributed by atoms with van der Waals surface area (Å²) in [6, 6.07) is 13.8. The van der Waals surface area contributed by atoms with Crippen LogP contribution in [0.5, 0.6) is 11.5 Å². The van der Waals surface area contributed by atoms with E-state index in [1.807, 2.05) is 36.4 Å². The van der Waals surface area contributed by atoms with Crippen molar-refractivity contribution in [1.29, 1.82) is 5.26 Å². The van der Waals surface area contributed by atoms with Gasteiger partial charge < -0.3 is 9.47 Å². The number of aromatic nitrogens is 2. The lowest BCUT2D eigenvalue weighted by atomic mass is 10.0. The second-order valence-electron chi connectivity index (χ2n) is 6.83. The van der Waals surface area contributed by atoms with E-state index in [-0.39, 0.29) is 6.10 Å². The summed E-state index contributed by atoms with van der Waals surface area (Å²) >= 11 is 0. The molecule has 0 bridgehead atoms. The van der Waals surface area contributed by atoms with Gasteiger partial charge in [-0.2, -0.15) is 5.26 Å². The summed E-state index contributed by atoms with van der Waals surface area (Å²) in [7, 11) is 1.60. The molecule has 1 fully saturated rings. The van der Waals surface area contributed by atoms with E-state index in [9.17, 15) is 5.26 Å². The third-order valence-corrected chi connectivity index (χ3v) is 5.03. The number of hydrogen-bond acceptors (Lipinski definition) is 5.